The van der Waals surface area contributed by atoms with Crippen molar-refractivity contribution < 1.29 is 9.53 Å². The van der Waals surface area contributed by atoms with E-state index in [9.17, 15) is 4.79 Å². The molecule has 3 rings (SSSR count). The molecule has 0 fully saturated rings. The maximum atomic E-state index is 12.1. The van der Waals surface area contributed by atoms with Gasteiger partial charge >= 0.3 is 0 Å². The molecule has 1 amide bonds. The molecule has 0 bridgehead atoms. The van der Waals surface area contributed by atoms with Gasteiger partial charge in [0.05, 0.1) is 10.8 Å². The molecule has 0 radical (unpaired) electrons. The zero-order valence-electron chi connectivity index (χ0n) is 15.8. The summed E-state index contributed by atoms with van der Waals surface area (Å²) in [4.78, 5) is 16.1. The normalized spacial score (nSPS) is 10.7. The first kappa shape index (κ1) is 20.2. The van der Waals surface area contributed by atoms with E-state index in [1.165, 1.54) is 23.5 Å². The number of amides is 1. The fourth-order valence-electron chi connectivity index (χ4n) is 2.46. The summed E-state index contributed by atoms with van der Waals surface area (Å²) in [5.41, 5.74) is 2.26. The van der Waals surface area contributed by atoms with Crippen LogP contribution in [-0.4, -0.2) is 31.4 Å². The average molecular weight is 418 g/mol. The van der Waals surface area contributed by atoms with Crippen LogP contribution in [0.3, 0.4) is 0 Å². The quantitative estimate of drug-likeness (QED) is 0.589. The van der Waals surface area contributed by atoms with Crippen LogP contribution in [-0.2, 0) is 18.4 Å². The fraction of sp³-hybridized carbons (Fsp3) is 0.263. The van der Waals surface area contributed by atoms with Crippen LogP contribution in [0, 0.1) is 13.8 Å². The van der Waals surface area contributed by atoms with Crippen LogP contribution in [0.2, 0.25) is 5.02 Å². The third kappa shape index (κ3) is 5.24. The van der Waals surface area contributed by atoms with E-state index in [0.29, 0.717) is 28.4 Å². The maximum Gasteiger partial charge on any atom is 0.236 e. The number of benzene rings is 1. The van der Waals surface area contributed by atoms with Crippen molar-refractivity contribution in [1.29, 1.82) is 0 Å². The van der Waals surface area contributed by atoms with Crippen molar-refractivity contribution in [3.8, 4) is 5.75 Å². The summed E-state index contributed by atoms with van der Waals surface area (Å²) in [5.74, 6) is 1.96. The largest absolute Gasteiger partial charge is 0.485 e. The van der Waals surface area contributed by atoms with E-state index in [1.54, 1.807) is 12.1 Å². The number of aromatic nitrogens is 4. The second-order valence-corrected chi connectivity index (χ2v) is 7.59. The lowest BCUT2D eigenvalue weighted by Crippen LogP contribution is -2.15. The van der Waals surface area contributed by atoms with Gasteiger partial charge in [-0.05, 0) is 37.6 Å². The lowest BCUT2D eigenvalue weighted by atomic mass is 10.1. The van der Waals surface area contributed by atoms with Crippen LogP contribution < -0.4 is 10.1 Å². The first-order valence-electron chi connectivity index (χ1n) is 8.55. The number of ether oxygens (including phenoxy) is 1. The molecular formula is C19H20ClN5O2S. The minimum absolute atomic E-state index is 0.184. The van der Waals surface area contributed by atoms with E-state index in [-0.39, 0.29) is 11.7 Å². The molecule has 2 aromatic heterocycles. The predicted molar refractivity (Wildman–Crippen MR) is 110 cm³/mol. The van der Waals surface area contributed by atoms with Gasteiger partial charge in [-0.25, -0.2) is 4.98 Å². The summed E-state index contributed by atoms with van der Waals surface area (Å²) in [6, 6.07) is 9.35. The standard InChI is InChI=1S/C19H20ClN5O2S/c1-12-4-6-15(13(2)8-12)27-10-17-23-24-19(25(17)3)28-11-18(26)22-16-7-5-14(20)9-21-16/h4-9H,10-11H2,1-3H3,(H,21,22,26). The van der Waals surface area contributed by atoms with Gasteiger partial charge in [0.1, 0.15) is 18.2 Å². The van der Waals surface area contributed by atoms with Crippen LogP contribution in [0.4, 0.5) is 5.82 Å². The lowest BCUT2D eigenvalue weighted by molar-refractivity contribution is -0.113. The fourth-order valence-corrected chi connectivity index (χ4v) is 3.30. The number of nitrogens with one attached hydrogen (secondary N) is 1. The summed E-state index contributed by atoms with van der Waals surface area (Å²) in [6.07, 6.45) is 1.48. The smallest absolute Gasteiger partial charge is 0.236 e. The number of halogens is 1. The third-order valence-electron chi connectivity index (χ3n) is 3.94. The van der Waals surface area contributed by atoms with Gasteiger partial charge in [-0.1, -0.05) is 41.1 Å². The average Bonchev–Trinajstić information content (AvgIpc) is 3.01. The van der Waals surface area contributed by atoms with Crippen LogP contribution in [0.25, 0.3) is 0 Å². The maximum absolute atomic E-state index is 12.1. The number of aryl methyl sites for hydroxylation is 2. The van der Waals surface area contributed by atoms with Crippen molar-refractivity contribution in [2.24, 2.45) is 7.05 Å². The zero-order chi connectivity index (χ0) is 20.1. The Morgan fingerprint density at radius 3 is 2.79 bits per heavy atom. The van der Waals surface area contributed by atoms with E-state index in [0.717, 1.165) is 11.3 Å². The Morgan fingerprint density at radius 2 is 2.07 bits per heavy atom. The Bertz CT molecular complexity index is 975. The molecule has 1 aromatic carbocycles. The van der Waals surface area contributed by atoms with Crippen molar-refractivity contribution in [1.82, 2.24) is 19.7 Å². The molecule has 0 aliphatic heterocycles. The monoisotopic (exact) mass is 417 g/mol. The summed E-state index contributed by atoms with van der Waals surface area (Å²) in [6.45, 7) is 4.35. The number of thioether (sulfide) groups is 1. The molecule has 0 saturated carbocycles. The number of pyridine rings is 1. The summed E-state index contributed by atoms with van der Waals surface area (Å²) < 4.78 is 7.68. The molecule has 1 N–H and O–H groups in total. The van der Waals surface area contributed by atoms with E-state index in [2.05, 4.69) is 26.6 Å². The van der Waals surface area contributed by atoms with Crippen LogP contribution in [0.15, 0.2) is 41.7 Å². The number of carbonyl (C=O) groups is 1. The van der Waals surface area contributed by atoms with Crippen molar-refractivity contribution in [3.05, 3.63) is 58.5 Å². The molecule has 28 heavy (non-hydrogen) atoms. The SMILES string of the molecule is Cc1ccc(OCc2nnc(SCC(=O)Nc3ccc(Cl)cn3)n2C)c(C)c1. The van der Waals surface area contributed by atoms with Gasteiger partial charge in [0.2, 0.25) is 5.91 Å². The number of hydrogen-bond donors (Lipinski definition) is 1. The Hall–Kier alpha value is -2.58. The minimum atomic E-state index is -0.184. The molecule has 0 unspecified atom stereocenters. The molecule has 0 atom stereocenters. The highest BCUT2D eigenvalue weighted by molar-refractivity contribution is 7.99. The van der Waals surface area contributed by atoms with Gasteiger partial charge < -0.3 is 14.6 Å². The van der Waals surface area contributed by atoms with E-state index in [4.69, 9.17) is 16.3 Å². The van der Waals surface area contributed by atoms with E-state index >= 15 is 0 Å². The van der Waals surface area contributed by atoms with Gasteiger partial charge in [-0.2, -0.15) is 0 Å². The van der Waals surface area contributed by atoms with Gasteiger partial charge in [0.15, 0.2) is 11.0 Å². The van der Waals surface area contributed by atoms with Crippen LogP contribution in [0.5, 0.6) is 5.75 Å². The van der Waals surface area contributed by atoms with Crippen LogP contribution in [0.1, 0.15) is 17.0 Å². The topological polar surface area (TPSA) is 81.9 Å². The number of hydrogen-bond acceptors (Lipinski definition) is 6. The molecule has 0 saturated heterocycles. The highest BCUT2D eigenvalue weighted by atomic mass is 35.5. The molecule has 0 spiro atoms. The lowest BCUT2D eigenvalue weighted by Gasteiger charge is -2.09. The Labute approximate surface area is 172 Å². The molecule has 9 heteroatoms. The first-order valence-corrected chi connectivity index (χ1v) is 9.91. The van der Waals surface area contributed by atoms with Crippen molar-refractivity contribution in [2.45, 2.75) is 25.6 Å². The van der Waals surface area contributed by atoms with Crippen molar-refractivity contribution >= 4 is 35.1 Å². The second-order valence-electron chi connectivity index (χ2n) is 6.21. The molecular weight excluding hydrogens is 398 g/mol. The first-order chi connectivity index (χ1) is 13.4. The highest BCUT2D eigenvalue weighted by Crippen LogP contribution is 2.21. The van der Waals surface area contributed by atoms with Gasteiger partial charge in [0.25, 0.3) is 0 Å². The van der Waals surface area contributed by atoms with Gasteiger partial charge in [-0.3, -0.25) is 4.79 Å². The Morgan fingerprint density at radius 1 is 1.25 bits per heavy atom. The summed E-state index contributed by atoms with van der Waals surface area (Å²) >= 11 is 7.07. The number of rotatable bonds is 7. The molecule has 0 aliphatic carbocycles. The van der Waals surface area contributed by atoms with Crippen molar-refractivity contribution in [2.75, 3.05) is 11.1 Å². The van der Waals surface area contributed by atoms with Gasteiger partial charge in [-0.15, -0.1) is 10.2 Å². The van der Waals surface area contributed by atoms with Crippen molar-refractivity contribution in [3.63, 3.8) is 0 Å². The Balaban J connectivity index is 1.54. The summed E-state index contributed by atoms with van der Waals surface area (Å²) in [5, 5.41) is 12.2. The minimum Gasteiger partial charge on any atom is -0.485 e. The third-order valence-corrected chi connectivity index (χ3v) is 5.18. The summed E-state index contributed by atoms with van der Waals surface area (Å²) in [7, 11) is 1.85. The molecule has 3 aromatic rings. The highest BCUT2D eigenvalue weighted by Gasteiger charge is 2.13. The zero-order valence-corrected chi connectivity index (χ0v) is 17.3. The predicted octanol–water partition coefficient (Wildman–Crippen LogP) is 3.79. The molecule has 146 valence electrons. The number of carbonyl (C=O) groups excluding carboxylic acids is 1. The van der Waals surface area contributed by atoms with Gasteiger partial charge in [0, 0.05) is 13.2 Å². The van der Waals surface area contributed by atoms with E-state index < -0.39 is 0 Å². The second kappa shape index (κ2) is 9.07. The number of anilines is 1. The molecule has 7 nitrogen and oxygen atoms in total. The van der Waals surface area contributed by atoms with E-state index in [1.807, 2.05) is 37.6 Å². The number of nitrogens with zero attached hydrogens (tertiary/aromatic N) is 4. The molecule has 2 heterocycles. The van der Waals surface area contributed by atoms with Crippen LogP contribution >= 0.6 is 23.4 Å². The Kier molecular flexibility index (Phi) is 6.53. The molecule has 0 aliphatic rings.